The predicted octanol–water partition coefficient (Wildman–Crippen LogP) is 1.27. The van der Waals surface area contributed by atoms with Gasteiger partial charge in [-0.15, -0.1) is 0 Å². The van der Waals surface area contributed by atoms with Crippen molar-refractivity contribution in [1.29, 1.82) is 0 Å². The number of nitrogens with one attached hydrogen (secondary N) is 2. The zero-order chi connectivity index (χ0) is 12.5. The van der Waals surface area contributed by atoms with Crippen LogP contribution in [0.15, 0.2) is 12.1 Å². The fraction of sp³-hybridized carbons (Fsp3) is 0.417. The summed E-state index contributed by atoms with van der Waals surface area (Å²) in [6.45, 7) is 2.09. The molecule has 6 nitrogen and oxygen atoms in total. The van der Waals surface area contributed by atoms with E-state index in [1.165, 1.54) is 0 Å². The first-order valence-corrected chi connectivity index (χ1v) is 5.90. The summed E-state index contributed by atoms with van der Waals surface area (Å²) in [7, 11) is 4.08. The number of rotatable bonds is 4. The van der Waals surface area contributed by atoms with Crippen molar-refractivity contribution < 1.29 is 9.47 Å². The number of aromatic amines is 1. The Balaban J connectivity index is 1.79. The summed E-state index contributed by atoms with van der Waals surface area (Å²) in [6.07, 6.45) is 0. The van der Waals surface area contributed by atoms with E-state index in [-0.39, 0.29) is 6.79 Å². The van der Waals surface area contributed by atoms with Gasteiger partial charge >= 0.3 is 0 Å². The Morgan fingerprint density at radius 1 is 1.33 bits per heavy atom. The lowest BCUT2D eigenvalue weighted by molar-refractivity contribution is 0.174. The lowest BCUT2D eigenvalue weighted by Crippen LogP contribution is -2.21. The van der Waals surface area contributed by atoms with Crippen LogP contribution in [0.4, 0.5) is 5.95 Å². The van der Waals surface area contributed by atoms with Gasteiger partial charge in [-0.3, -0.25) is 0 Å². The minimum Gasteiger partial charge on any atom is -0.454 e. The Labute approximate surface area is 105 Å². The van der Waals surface area contributed by atoms with Crippen molar-refractivity contribution in [3.8, 4) is 11.5 Å². The number of anilines is 1. The van der Waals surface area contributed by atoms with Crippen LogP contribution in [-0.4, -0.2) is 48.8 Å². The second-order valence-electron chi connectivity index (χ2n) is 4.54. The summed E-state index contributed by atoms with van der Waals surface area (Å²) in [5.74, 6) is 2.30. The number of likely N-dealkylation sites (N-methyl/N-ethyl adjacent to an activating group) is 1. The zero-order valence-electron chi connectivity index (χ0n) is 10.5. The minimum atomic E-state index is 0.288. The molecule has 0 radical (unpaired) electrons. The first-order chi connectivity index (χ1) is 8.72. The van der Waals surface area contributed by atoms with Crippen molar-refractivity contribution >= 4 is 17.0 Å². The molecule has 2 heterocycles. The second kappa shape index (κ2) is 4.38. The molecule has 0 unspecified atom stereocenters. The van der Waals surface area contributed by atoms with Gasteiger partial charge in [-0.1, -0.05) is 0 Å². The molecule has 2 aromatic rings. The van der Waals surface area contributed by atoms with E-state index in [0.717, 1.165) is 41.6 Å². The van der Waals surface area contributed by atoms with Gasteiger partial charge in [0.15, 0.2) is 11.5 Å². The molecular formula is C12H16N4O2. The molecule has 0 saturated carbocycles. The van der Waals surface area contributed by atoms with E-state index in [2.05, 4.69) is 20.2 Å². The molecule has 0 fully saturated rings. The molecule has 0 saturated heterocycles. The maximum Gasteiger partial charge on any atom is 0.231 e. The monoisotopic (exact) mass is 248 g/mol. The van der Waals surface area contributed by atoms with Gasteiger partial charge in [-0.2, -0.15) is 0 Å². The minimum absolute atomic E-state index is 0.288. The Bertz CT molecular complexity index is 523. The van der Waals surface area contributed by atoms with Crippen molar-refractivity contribution in [3.63, 3.8) is 0 Å². The highest BCUT2D eigenvalue weighted by atomic mass is 16.7. The molecule has 0 aliphatic carbocycles. The Kier molecular flexibility index (Phi) is 2.71. The number of nitrogens with zero attached hydrogens (tertiary/aromatic N) is 2. The Morgan fingerprint density at radius 3 is 2.89 bits per heavy atom. The van der Waals surface area contributed by atoms with E-state index in [1.807, 2.05) is 26.2 Å². The van der Waals surface area contributed by atoms with Crippen LogP contribution in [0.25, 0.3) is 11.0 Å². The summed E-state index contributed by atoms with van der Waals surface area (Å²) in [5.41, 5.74) is 1.83. The number of benzene rings is 1. The fourth-order valence-corrected chi connectivity index (χ4v) is 1.88. The molecule has 1 aliphatic rings. The third-order valence-corrected chi connectivity index (χ3v) is 2.83. The number of hydrogen-bond acceptors (Lipinski definition) is 5. The Hall–Kier alpha value is -1.95. The van der Waals surface area contributed by atoms with Crippen molar-refractivity contribution in [3.05, 3.63) is 12.1 Å². The molecule has 96 valence electrons. The highest BCUT2D eigenvalue weighted by molar-refractivity contribution is 5.81. The van der Waals surface area contributed by atoms with E-state index in [4.69, 9.17) is 9.47 Å². The third-order valence-electron chi connectivity index (χ3n) is 2.83. The molecule has 0 bridgehead atoms. The molecule has 6 heteroatoms. The summed E-state index contributed by atoms with van der Waals surface area (Å²) in [6, 6.07) is 3.81. The van der Waals surface area contributed by atoms with Gasteiger partial charge in [0.05, 0.1) is 11.0 Å². The van der Waals surface area contributed by atoms with Gasteiger partial charge in [-0.25, -0.2) is 4.98 Å². The highest BCUT2D eigenvalue weighted by Crippen LogP contribution is 2.35. The molecule has 0 spiro atoms. The third kappa shape index (κ3) is 2.06. The van der Waals surface area contributed by atoms with Crippen molar-refractivity contribution in [2.75, 3.05) is 39.3 Å². The number of aromatic nitrogens is 2. The average molecular weight is 248 g/mol. The summed E-state index contributed by atoms with van der Waals surface area (Å²) >= 11 is 0. The smallest absolute Gasteiger partial charge is 0.231 e. The van der Waals surface area contributed by atoms with Gasteiger partial charge in [0.25, 0.3) is 0 Å². The van der Waals surface area contributed by atoms with Crippen molar-refractivity contribution in [2.24, 2.45) is 0 Å². The molecule has 3 rings (SSSR count). The number of H-pyrrole nitrogens is 1. The fourth-order valence-electron chi connectivity index (χ4n) is 1.88. The van der Waals surface area contributed by atoms with Crippen LogP contribution in [0.1, 0.15) is 0 Å². The van der Waals surface area contributed by atoms with Crippen molar-refractivity contribution in [2.45, 2.75) is 0 Å². The van der Waals surface area contributed by atoms with Crippen LogP contribution in [0.3, 0.4) is 0 Å². The summed E-state index contributed by atoms with van der Waals surface area (Å²) in [4.78, 5) is 9.81. The van der Waals surface area contributed by atoms with E-state index < -0.39 is 0 Å². The van der Waals surface area contributed by atoms with Crippen LogP contribution >= 0.6 is 0 Å². The second-order valence-corrected chi connectivity index (χ2v) is 4.54. The lowest BCUT2D eigenvalue weighted by atomic mass is 10.3. The maximum atomic E-state index is 5.33. The standard InChI is InChI=1S/C12H16N4O2/c1-16(2)4-3-13-12-14-8-5-10-11(18-7-17-10)6-9(8)15-12/h5-6H,3-4,7H2,1-2H3,(H2,13,14,15). The maximum absolute atomic E-state index is 5.33. The van der Waals surface area contributed by atoms with Gasteiger partial charge in [0.2, 0.25) is 12.7 Å². The highest BCUT2D eigenvalue weighted by Gasteiger charge is 2.15. The molecule has 18 heavy (non-hydrogen) atoms. The quantitative estimate of drug-likeness (QED) is 0.853. The predicted molar refractivity (Wildman–Crippen MR) is 69.3 cm³/mol. The molecule has 1 aromatic heterocycles. The number of hydrogen-bond donors (Lipinski definition) is 2. The van der Waals surface area contributed by atoms with Crippen LogP contribution in [-0.2, 0) is 0 Å². The van der Waals surface area contributed by atoms with E-state index in [9.17, 15) is 0 Å². The molecule has 1 aromatic carbocycles. The summed E-state index contributed by atoms with van der Waals surface area (Å²) < 4.78 is 10.7. The SMILES string of the molecule is CN(C)CCNc1nc2cc3c(cc2[nH]1)OCO3. The number of fused-ring (bicyclic) bond motifs is 2. The van der Waals surface area contributed by atoms with Gasteiger partial charge in [0.1, 0.15) is 0 Å². The zero-order valence-corrected chi connectivity index (χ0v) is 10.5. The molecular weight excluding hydrogens is 232 g/mol. The largest absolute Gasteiger partial charge is 0.454 e. The van der Waals surface area contributed by atoms with Gasteiger partial charge < -0.3 is 24.7 Å². The molecule has 1 aliphatic heterocycles. The van der Waals surface area contributed by atoms with Crippen LogP contribution < -0.4 is 14.8 Å². The normalized spacial score (nSPS) is 13.5. The number of imidazole rings is 1. The number of ether oxygens (including phenoxy) is 2. The van der Waals surface area contributed by atoms with Gasteiger partial charge in [-0.05, 0) is 14.1 Å². The molecule has 2 N–H and O–H groups in total. The molecule has 0 amide bonds. The first-order valence-electron chi connectivity index (χ1n) is 5.90. The van der Waals surface area contributed by atoms with E-state index in [1.54, 1.807) is 0 Å². The van der Waals surface area contributed by atoms with Crippen LogP contribution in [0.5, 0.6) is 11.5 Å². The topological polar surface area (TPSA) is 62.4 Å². The van der Waals surface area contributed by atoms with E-state index >= 15 is 0 Å². The summed E-state index contributed by atoms with van der Waals surface area (Å²) in [5, 5.41) is 3.25. The lowest BCUT2D eigenvalue weighted by Gasteiger charge is -2.08. The first kappa shape index (κ1) is 11.2. The van der Waals surface area contributed by atoms with Crippen molar-refractivity contribution in [1.82, 2.24) is 14.9 Å². The average Bonchev–Trinajstić information content (AvgIpc) is 2.89. The van der Waals surface area contributed by atoms with Crippen LogP contribution in [0.2, 0.25) is 0 Å². The Morgan fingerprint density at radius 2 is 2.11 bits per heavy atom. The molecule has 0 atom stereocenters. The van der Waals surface area contributed by atoms with E-state index in [0.29, 0.717) is 0 Å². The van der Waals surface area contributed by atoms with Crippen LogP contribution in [0, 0.1) is 0 Å². The van der Waals surface area contributed by atoms with Gasteiger partial charge in [0, 0.05) is 25.2 Å².